The van der Waals surface area contributed by atoms with Crippen molar-refractivity contribution in [1.82, 2.24) is 0 Å². The number of nitrogens with one attached hydrogen (secondary N) is 1. The summed E-state index contributed by atoms with van der Waals surface area (Å²) in [5, 5.41) is 2.69. The summed E-state index contributed by atoms with van der Waals surface area (Å²) in [6.07, 6.45) is 1.98. The first-order valence-electron chi connectivity index (χ1n) is 6.95. The molecule has 0 aliphatic carbocycles. The lowest BCUT2D eigenvalue weighted by molar-refractivity contribution is 0.213. The Hall–Kier alpha value is -2.75. The van der Waals surface area contributed by atoms with Gasteiger partial charge >= 0.3 is 6.09 Å². The van der Waals surface area contributed by atoms with Gasteiger partial charge in [-0.05, 0) is 48.7 Å². The number of aryl methyl sites for hydroxylation is 1. The molecule has 22 heavy (non-hydrogen) atoms. The molecule has 0 fully saturated rings. The Balaban J connectivity index is 2.09. The van der Waals surface area contributed by atoms with Crippen molar-refractivity contribution in [2.24, 2.45) is 0 Å². The predicted molar refractivity (Wildman–Crippen MR) is 87.7 cm³/mol. The topological polar surface area (TPSA) is 47.6 Å². The second-order valence-corrected chi connectivity index (χ2v) is 4.86. The van der Waals surface area contributed by atoms with E-state index in [2.05, 4.69) is 11.9 Å². The van der Waals surface area contributed by atoms with Crippen LogP contribution in [0.4, 0.5) is 10.5 Å². The van der Waals surface area contributed by atoms with E-state index in [0.717, 1.165) is 17.5 Å². The van der Waals surface area contributed by atoms with Crippen molar-refractivity contribution in [2.75, 3.05) is 12.4 Å². The van der Waals surface area contributed by atoms with Crippen molar-refractivity contribution in [3.05, 3.63) is 66.2 Å². The average Bonchev–Trinajstić information content (AvgIpc) is 2.49. The number of amides is 1. The third-order valence-electron chi connectivity index (χ3n) is 3.08. The molecule has 0 aliphatic rings. The molecule has 2 aromatic carbocycles. The zero-order chi connectivity index (χ0) is 15.9. The maximum Gasteiger partial charge on any atom is 0.417 e. The molecule has 0 atom stereocenters. The van der Waals surface area contributed by atoms with E-state index < -0.39 is 6.09 Å². The highest BCUT2D eigenvalue weighted by Crippen LogP contribution is 2.28. The lowest BCUT2D eigenvalue weighted by Gasteiger charge is -2.11. The van der Waals surface area contributed by atoms with E-state index in [9.17, 15) is 4.79 Å². The molecule has 4 nitrogen and oxygen atoms in total. The number of allylic oxidation sites excluding steroid dienone is 1. The molecule has 1 amide bonds. The van der Waals surface area contributed by atoms with Crippen molar-refractivity contribution < 1.29 is 14.3 Å². The number of benzene rings is 2. The second kappa shape index (κ2) is 7.31. The van der Waals surface area contributed by atoms with Crippen LogP contribution in [0.2, 0.25) is 0 Å². The van der Waals surface area contributed by atoms with E-state index in [1.54, 1.807) is 25.3 Å². The van der Waals surface area contributed by atoms with Gasteiger partial charge in [0.05, 0.1) is 7.11 Å². The zero-order valence-electron chi connectivity index (χ0n) is 12.8. The molecule has 2 aromatic rings. The van der Waals surface area contributed by atoms with Gasteiger partial charge in [-0.1, -0.05) is 24.3 Å². The number of rotatable bonds is 5. The molecular formula is C18H19NO3. The standard InChI is InChI=1S/C18H19NO3/c1-4-6-14-9-10-16(17(12-14)21-3)22-18(20)19-15-8-5-7-13(2)11-15/h4-5,7-12H,1,6H2,2-3H3,(H,19,20). The molecule has 0 bridgehead atoms. The predicted octanol–water partition coefficient (Wildman–Crippen LogP) is 4.34. The van der Waals surface area contributed by atoms with Crippen molar-refractivity contribution >= 4 is 11.8 Å². The maximum atomic E-state index is 12.0. The summed E-state index contributed by atoms with van der Waals surface area (Å²) in [7, 11) is 1.54. The second-order valence-electron chi connectivity index (χ2n) is 4.86. The molecule has 0 aromatic heterocycles. The molecule has 2 rings (SSSR count). The van der Waals surface area contributed by atoms with Gasteiger partial charge in [0.2, 0.25) is 0 Å². The van der Waals surface area contributed by atoms with Crippen molar-refractivity contribution in [3.8, 4) is 11.5 Å². The van der Waals surface area contributed by atoms with Gasteiger partial charge in [0.1, 0.15) is 0 Å². The van der Waals surface area contributed by atoms with E-state index in [4.69, 9.17) is 9.47 Å². The first-order chi connectivity index (χ1) is 10.6. The Bertz CT molecular complexity index is 680. The van der Waals surface area contributed by atoms with Gasteiger partial charge in [-0.2, -0.15) is 0 Å². The molecule has 114 valence electrons. The molecule has 4 heteroatoms. The Morgan fingerprint density at radius 1 is 1.23 bits per heavy atom. The highest BCUT2D eigenvalue weighted by Gasteiger charge is 2.11. The highest BCUT2D eigenvalue weighted by molar-refractivity contribution is 5.86. The summed E-state index contributed by atoms with van der Waals surface area (Å²) < 4.78 is 10.6. The van der Waals surface area contributed by atoms with E-state index in [1.165, 1.54) is 0 Å². The molecule has 0 aliphatic heterocycles. The Labute approximate surface area is 130 Å². The minimum absolute atomic E-state index is 0.375. The molecule has 0 heterocycles. The molecule has 1 N–H and O–H groups in total. The first-order valence-corrected chi connectivity index (χ1v) is 6.95. The number of anilines is 1. The van der Waals surface area contributed by atoms with E-state index in [-0.39, 0.29) is 0 Å². The van der Waals surface area contributed by atoms with Gasteiger partial charge in [-0.25, -0.2) is 4.79 Å². The fourth-order valence-electron chi connectivity index (χ4n) is 2.06. The van der Waals surface area contributed by atoms with Crippen molar-refractivity contribution in [3.63, 3.8) is 0 Å². The van der Waals surface area contributed by atoms with E-state index >= 15 is 0 Å². The van der Waals surface area contributed by atoms with Crippen LogP contribution < -0.4 is 14.8 Å². The first kappa shape index (κ1) is 15.6. The number of carbonyl (C=O) groups excluding carboxylic acids is 1. The number of hydrogen-bond acceptors (Lipinski definition) is 3. The van der Waals surface area contributed by atoms with Gasteiger partial charge in [0, 0.05) is 5.69 Å². The Morgan fingerprint density at radius 2 is 2.05 bits per heavy atom. The van der Waals surface area contributed by atoms with E-state index in [0.29, 0.717) is 17.2 Å². The van der Waals surface area contributed by atoms with Crippen LogP contribution >= 0.6 is 0 Å². The maximum absolute atomic E-state index is 12.0. The normalized spacial score (nSPS) is 9.91. The molecule has 0 saturated heterocycles. The van der Waals surface area contributed by atoms with Crippen molar-refractivity contribution in [1.29, 1.82) is 0 Å². The van der Waals surface area contributed by atoms with Crippen LogP contribution in [0, 0.1) is 6.92 Å². The number of hydrogen-bond donors (Lipinski definition) is 1. The van der Waals surface area contributed by atoms with Gasteiger partial charge in [-0.3, -0.25) is 5.32 Å². The fourth-order valence-corrected chi connectivity index (χ4v) is 2.06. The van der Waals surface area contributed by atoms with Gasteiger partial charge in [0.25, 0.3) is 0 Å². The quantitative estimate of drug-likeness (QED) is 0.835. The fraction of sp³-hybridized carbons (Fsp3) is 0.167. The van der Waals surface area contributed by atoms with Crippen LogP contribution in [-0.2, 0) is 6.42 Å². The lowest BCUT2D eigenvalue weighted by atomic mass is 10.1. The summed E-state index contributed by atoms with van der Waals surface area (Å²) in [6, 6.07) is 12.9. The SMILES string of the molecule is C=CCc1ccc(OC(=O)Nc2cccc(C)c2)c(OC)c1. The molecular weight excluding hydrogens is 278 g/mol. The third-order valence-corrected chi connectivity index (χ3v) is 3.08. The van der Waals surface area contributed by atoms with Crippen LogP contribution in [0.15, 0.2) is 55.1 Å². The van der Waals surface area contributed by atoms with Crippen LogP contribution in [0.25, 0.3) is 0 Å². The van der Waals surface area contributed by atoms with E-state index in [1.807, 2.05) is 37.3 Å². The number of ether oxygens (including phenoxy) is 2. The summed E-state index contributed by atoms with van der Waals surface area (Å²) in [5.41, 5.74) is 2.79. The summed E-state index contributed by atoms with van der Waals surface area (Å²) >= 11 is 0. The minimum atomic E-state index is -0.555. The summed E-state index contributed by atoms with van der Waals surface area (Å²) in [6.45, 7) is 5.66. The Kier molecular flexibility index (Phi) is 5.20. The molecule has 0 radical (unpaired) electrons. The number of methoxy groups -OCH3 is 1. The third kappa shape index (κ3) is 4.12. The minimum Gasteiger partial charge on any atom is -0.493 e. The van der Waals surface area contributed by atoms with Crippen molar-refractivity contribution in [2.45, 2.75) is 13.3 Å². The monoisotopic (exact) mass is 297 g/mol. The lowest BCUT2D eigenvalue weighted by Crippen LogP contribution is -2.17. The summed E-state index contributed by atoms with van der Waals surface area (Å²) in [5.74, 6) is 0.888. The smallest absolute Gasteiger partial charge is 0.417 e. The Morgan fingerprint density at radius 3 is 2.73 bits per heavy atom. The molecule has 0 unspecified atom stereocenters. The van der Waals surface area contributed by atoms with Gasteiger partial charge < -0.3 is 9.47 Å². The van der Waals surface area contributed by atoms with Crippen LogP contribution in [-0.4, -0.2) is 13.2 Å². The molecule has 0 spiro atoms. The van der Waals surface area contributed by atoms with Crippen LogP contribution in [0.1, 0.15) is 11.1 Å². The highest BCUT2D eigenvalue weighted by atomic mass is 16.6. The number of carbonyl (C=O) groups is 1. The zero-order valence-corrected chi connectivity index (χ0v) is 12.8. The van der Waals surface area contributed by atoms with Crippen LogP contribution in [0.3, 0.4) is 0 Å². The molecule has 0 saturated carbocycles. The van der Waals surface area contributed by atoms with Crippen LogP contribution in [0.5, 0.6) is 11.5 Å². The van der Waals surface area contributed by atoms with Gasteiger partial charge in [-0.15, -0.1) is 6.58 Å². The van der Waals surface area contributed by atoms with Gasteiger partial charge in [0.15, 0.2) is 11.5 Å². The largest absolute Gasteiger partial charge is 0.493 e. The summed E-state index contributed by atoms with van der Waals surface area (Å²) in [4.78, 5) is 12.0. The average molecular weight is 297 g/mol.